The van der Waals surface area contributed by atoms with Gasteiger partial charge in [-0.05, 0) is 36.1 Å². The number of aliphatic imine (C=N–C) groups is 1. The Hall–Kier alpha value is -1.94. The van der Waals surface area contributed by atoms with Crippen molar-refractivity contribution in [3.63, 3.8) is 0 Å². The topological polar surface area (TPSA) is 33.4 Å². The first-order valence-electron chi connectivity index (χ1n) is 8.82. The number of rotatable bonds is 2. The molecule has 1 aliphatic carbocycles. The average molecular weight is 306 g/mol. The molecule has 23 heavy (non-hydrogen) atoms. The maximum Gasteiger partial charge on any atom is 0.111 e. The molecule has 1 aromatic heterocycles. The normalized spacial score (nSPS) is 22.0. The van der Waals surface area contributed by atoms with E-state index in [1.165, 1.54) is 48.3 Å². The summed E-state index contributed by atoms with van der Waals surface area (Å²) in [5, 5.41) is 0. The van der Waals surface area contributed by atoms with E-state index in [9.17, 15) is 0 Å². The van der Waals surface area contributed by atoms with Gasteiger partial charge in [0.25, 0.3) is 0 Å². The van der Waals surface area contributed by atoms with E-state index in [-0.39, 0.29) is 0 Å². The number of allylic oxidation sites excluding steroid dienone is 1. The summed E-state index contributed by atoms with van der Waals surface area (Å²) in [6.45, 7) is 4.21. The third-order valence-electron chi connectivity index (χ3n) is 5.63. The molecule has 2 aliphatic heterocycles. The third-order valence-corrected chi connectivity index (χ3v) is 5.63. The van der Waals surface area contributed by atoms with Crippen LogP contribution in [-0.2, 0) is 13.0 Å². The van der Waals surface area contributed by atoms with Crippen molar-refractivity contribution in [3.8, 4) is 0 Å². The van der Waals surface area contributed by atoms with Crippen LogP contribution in [0.1, 0.15) is 30.7 Å². The Morgan fingerprint density at radius 3 is 2.83 bits per heavy atom. The van der Waals surface area contributed by atoms with E-state index in [0.717, 1.165) is 37.6 Å². The lowest BCUT2D eigenvalue weighted by Crippen LogP contribution is -2.41. The van der Waals surface area contributed by atoms with Crippen molar-refractivity contribution < 1.29 is 0 Å². The Morgan fingerprint density at radius 1 is 1.09 bits per heavy atom. The lowest BCUT2D eigenvalue weighted by molar-refractivity contribution is 0.130. The lowest BCUT2D eigenvalue weighted by atomic mass is 9.91. The van der Waals surface area contributed by atoms with Crippen molar-refractivity contribution >= 4 is 22.8 Å². The van der Waals surface area contributed by atoms with Crippen molar-refractivity contribution in [3.05, 3.63) is 35.7 Å². The molecule has 0 unspecified atom stereocenters. The van der Waals surface area contributed by atoms with Crippen LogP contribution in [0.4, 0.5) is 0 Å². The Morgan fingerprint density at radius 2 is 2.04 bits per heavy atom. The number of fused-ring (bicyclic) bond motifs is 3. The molecule has 4 nitrogen and oxygen atoms in total. The highest BCUT2D eigenvalue weighted by Gasteiger charge is 2.27. The van der Waals surface area contributed by atoms with Gasteiger partial charge < -0.3 is 4.57 Å². The van der Waals surface area contributed by atoms with Crippen molar-refractivity contribution in [2.75, 3.05) is 19.6 Å². The summed E-state index contributed by atoms with van der Waals surface area (Å²) < 4.78 is 2.45. The van der Waals surface area contributed by atoms with E-state index in [1.54, 1.807) is 0 Å². The zero-order chi connectivity index (χ0) is 15.2. The summed E-state index contributed by atoms with van der Waals surface area (Å²) in [4.78, 5) is 11.9. The number of imidazole rings is 1. The quantitative estimate of drug-likeness (QED) is 0.855. The van der Waals surface area contributed by atoms with Gasteiger partial charge in [0.05, 0.1) is 17.6 Å². The molecule has 1 saturated carbocycles. The molecule has 0 N–H and O–H groups in total. The Balaban J connectivity index is 1.50. The van der Waals surface area contributed by atoms with Crippen LogP contribution in [0.3, 0.4) is 0 Å². The number of hydrogen-bond acceptors (Lipinski definition) is 3. The van der Waals surface area contributed by atoms with E-state index >= 15 is 0 Å². The van der Waals surface area contributed by atoms with Crippen molar-refractivity contribution in [1.29, 1.82) is 0 Å². The zero-order valence-corrected chi connectivity index (χ0v) is 13.4. The van der Waals surface area contributed by atoms with Crippen molar-refractivity contribution in [1.82, 2.24) is 14.5 Å². The molecular formula is C19H22N4. The first kappa shape index (κ1) is 13.5. The van der Waals surface area contributed by atoms with Crippen LogP contribution >= 0.6 is 0 Å². The standard InChI is InChI=1S/C19H22N4/c1-2-16(3-1)22-9-7-19-21-17-5-4-14(15-6-8-20-13-15)12-18(17)23(19)11-10-22/h4-6,12-13,16H,1-3,7-11H2. The molecule has 0 atom stereocenters. The molecule has 0 amide bonds. The molecule has 2 aromatic rings. The van der Waals surface area contributed by atoms with Gasteiger partial charge in [-0.25, -0.2) is 4.98 Å². The van der Waals surface area contributed by atoms with Gasteiger partial charge in [-0.3, -0.25) is 9.89 Å². The van der Waals surface area contributed by atoms with Gasteiger partial charge in [-0.1, -0.05) is 18.6 Å². The predicted molar refractivity (Wildman–Crippen MR) is 94.0 cm³/mol. The van der Waals surface area contributed by atoms with Crippen LogP contribution in [0.5, 0.6) is 0 Å². The largest absolute Gasteiger partial charge is 0.327 e. The van der Waals surface area contributed by atoms with E-state index in [4.69, 9.17) is 4.98 Å². The summed E-state index contributed by atoms with van der Waals surface area (Å²) in [6, 6.07) is 7.48. The third kappa shape index (κ3) is 2.24. The Kier molecular flexibility index (Phi) is 3.11. The lowest BCUT2D eigenvalue weighted by Gasteiger charge is -2.36. The summed E-state index contributed by atoms with van der Waals surface area (Å²) in [5.74, 6) is 1.26. The summed E-state index contributed by atoms with van der Waals surface area (Å²) in [5.41, 5.74) is 4.93. The first-order chi connectivity index (χ1) is 11.4. The van der Waals surface area contributed by atoms with Gasteiger partial charge in [-0.15, -0.1) is 0 Å². The van der Waals surface area contributed by atoms with Gasteiger partial charge in [0.15, 0.2) is 0 Å². The SMILES string of the molecule is C1=NCC=C1c1ccc2nc3n(c2c1)CCN(C1CCC1)CC3. The second-order valence-electron chi connectivity index (χ2n) is 6.91. The second kappa shape index (κ2) is 5.31. The Labute approximate surface area is 136 Å². The van der Waals surface area contributed by atoms with Gasteiger partial charge in [0.1, 0.15) is 5.82 Å². The number of nitrogens with zero attached hydrogens (tertiary/aromatic N) is 4. The van der Waals surface area contributed by atoms with E-state index in [2.05, 4.69) is 38.7 Å². The maximum atomic E-state index is 4.90. The highest BCUT2D eigenvalue weighted by Crippen LogP contribution is 2.28. The molecule has 0 radical (unpaired) electrons. The molecule has 118 valence electrons. The number of aromatic nitrogens is 2. The van der Waals surface area contributed by atoms with Crippen LogP contribution < -0.4 is 0 Å². The molecule has 1 aromatic carbocycles. The zero-order valence-electron chi connectivity index (χ0n) is 13.4. The van der Waals surface area contributed by atoms with Gasteiger partial charge in [0, 0.05) is 38.3 Å². The van der Waals surface area contributed by atoms with Crippen LogP contribution in [-0.4, -0.2) is 46.3 Å². The van der Waals surface area contributed by atoms with Gasteiger partial charge >= 0.3 is 0 Å². The number of hydrogen-bond donors (Lipinski definition) is 0. The minimum atomic E-state index is 0.814. The summed E-state index contributed by atoms with van der Waals surface area (Å²) in [6.07, 6.45) is 9.44. The summed E-state index contributed by atoms with van der Waals surface area (Å²) in [7, 11) is 0. The second-order valence-corrected chi connectivity index (χ2v) is 6.91. The molecule has 4 heteroatoms. The highest BCUT2D eigenvalue weighted by molar-refractivity contribution is 6.12. The minimum Gasteiger partial charge on any atom is -0.327 e. The molecule has 0 spiro atoms. The fourth-order valence-electron chi connectivity index (χ4n) is 4.04. The van der Waals surface area contributed by atoms with Crippen LogP contribution in [0.15, 0.2) is 29.3 Å². The van der Waals surface area contributed by atoms with E-state index in [0.29, 0.717) is 0 Å². The van der Waals surface area contributed by atoms with E-state index in [1.807, 2.05) is 6.21 Å². The Bertz CT molecular complexity index is 810. The first-order valence-corrected chi connectivity index (χ1v) is 8.82. The molecule has 5 rings (SSSR count). The number of benzene rings is 1. The fourth-order valence-corrected chi connectivity index (χ4v) is 4.04. The average Bonchev–Trinajstić information content (AvgIpc) is 3.11. The fraction of sp³-hybridized carbons (Fsp3) is 0.474. The van der Waals surface area contributed by atoms with Crippen molar-refractivity contribution in [2.24, 2.45) is 4.99 Å². The highest BCUT2D eigenvalue weighted by atomic mass is 15.2. The van der Waals surface area contributed by atoms with Crippen LogP contribution in [0.2, 0.25) is 0 Å². The van der Waals surface area contributed by atoms with Crippen molar-refractivity contribution in [2.45, 2.75) is 38.3 Å². The molecule has 3 heterocycles. The van der Waals surface area contributed by atoms with Gasteiger partial charge in [0.2, 0.25) is 0 Å². The van der Waals surface area contributed by atoms with Crippen LogP contribution in [0, 0.1) is 0 Å². The summed E-state index contributed by atoms with van der Waals surface area (Å²) >= 11 is 0. The molecule has 0 bridgehead atoms. The minimum absolute atomic E-state index is 0.814. The molecule has 1 fully saturated rings. The molecule has 3 aliphatic rings. The predicted octanol–water partition coefficient (Wildman–Crippen LogP) is 2.91. The van der Waals surface area contributed by atoms with E-state index < -0.39 is 0 Å². The monoisotopic (exact) mass is 306 g/mol. The van der Waals surface area contributed by atoms with Gasteiger partial charge in [-0.2, -0.15) is 0 Å². The molecular weight excluding hydrogens is 284 g/mol. The smallest absolute Gasteiger partial charge is 0.111 e. The van der Waals surface area contributed by atoms with Crippen LogP contribution in [0.25, 0.3) is 16.6 Å². The maximum absolute atomic E-state index is 4.90. The molecule has 0 saturated heterocycles.